The molecule has 1 atom stereocenters. The van der Waals surface area contributed by atoms with Crippen LogP contribution in [0.3, 0.4) is 0 Å². The summed E-state index contributed by atoms with van der Waals surface area (Å²) in [5.41, 5.74) is 0. The molecule has 0 aromatic rings. The summed E-state index contributed by atoms with van der Waals surface area (Å²) in [4.78, 5) is 5.63. The van der Waals surface area contributed by atoms with Gasteiger partial charge in [0.25, 0.3) is 0 Å². The van der Waals surface area contributed by atoms with Crippen LogP contribution in [0.25, 0.3) is 0 Å². The van der Waals surface area contributed by atoms with E-state index in [1.807, 2.05) is 0 Å². The van der Waals surface area contributed by atoms with Crippen LogP contribution in [0.15, 0.2) is 0 Å². The summed E-state index contributed by atoms with van der Waals surface area (Å²) < 4.78 is 0. The highest BCUT2D eigenvalue weighted by Crippen LogP contribution is 2.21. The zero-order valence-electron chi connectivity index (χ0n) is 15.5. The summed E-state index contributed by atoms with van der Waals surface area (Å²) in [7, 11) is 0. The van der Waals surface area contributed by atoms with Crippen molar-refractivity contribution in [3.63, 3.8) is 0 Å². The molecule has 1 saturated heterocycles. The van der Waals surface area contributed by atoms with Crippen LogP contribution in [0.4, 0.5) is 0 Å². The maximum Gasteiger partial charge on any atom is 0.0835 e. The first-order chi connectivity index (χ1) is 10.9. The Morgan fingerprint density at radius 1 is 0.682 bits per heavy atom. The smallest absolute Gasteiger partial charge is 0.0835 e. The fourth-order valence-corrected chi connectivity index (χ4v) is 3.41. The van der Waals surface area contributed by atoms with Crippen LogP contribution in [-0.2, 0) is 4.84 Å². The normalized spacial score (nSPS) is 16.6. The Labute approximate surface area is 139 Å². The van der Waals surface area contributed by atoms with Crippen molar-refractivity contribution >= 4 is 0 Å². The molecule has 2 nitrogen and oxygen atoms in total. The highest BCUT2D eigenvalue weighted by molar-refractivity contribution is 4.70. The topological polar surface area (TPSA) is 12.5 Å². The molecule has 0 radical (unpaired) electrons. The third-order valence-corrected chi connectivity index (χ3v) is 5.01. The van der Waals surface area contributed by atoms with E-state index in [-0.39, 0.29) is 0 Å². The average molecular weight is 312 g/mol. The molecule has 0 spiro atoms. The van der Waals surface area contributed by atoms with E-state index in [1.54, 1.807) is 0 Å². The minimum atomic E-state index is 0.704. The van der Waals surface area contributed by atoms with Gasteiger partial charge in [-0.2, -0.15) is 5.06 Å². The molecule has 1 unspecified atom stereocenters. The molecule has 1 rings (SSSR count). The Bertz CT molecular complexity index is 228. The van der Waals surface area contributed by atoms with Crippen molar-refractivity contribution in [3.05, 3.63) is 0 Å². The maximum absolute atomic E-state index is 5.63. The van der Waals surface area contributed by atoms with E-state index < -0.39 is 0 Å². The number of hydrogen-bond acceptors (Lipinski definition) is 2. The zero-order chi connectivity index (χ0) is 15.9. The van der Waals surface area contributed by atoms with Gasteiger partial charge in [0, 0.05) is 12.6 Å². The standard InChI is InChI=1S/C20H41NO/c1-3-5-7-9-11-13-15-17-20(21-18-19-22-21)16-14-12-10-8-6-4-2/h20H,3-19H2,1-2H3. The van der Waals surface area contributed by atoms with Crippen molar-refractivity contribution in [3.8, 4) is 0 Å². The molecular formula is C20H41NO. The fourth-order valence-electron chi connectivity index (χ4n) is 3.41. The number of hydroxylamine groups is 2. The van der Waals surface area contributed by atoms with Gasteiger partial charge in [-0.25, -0.2) is 0 Å². The van der Waals surface area contributed by atoms with Crippen molar-refractivity contribution in [1.82, 2.24) is 5.06 Å². The van der Waals surface area contributed by atoms with Gasteiger partial charge < -0.3 is 0 Å². The summed E-state index contributed by atoms with van der Waals surface area (Å²) in [6, 6.07) is 0.704. The van der Waals surface area contributed by atoms with E-state index >= 15 is 0 Å². The molecule has 1 aliphatic heterocycles. The van der Waals surface area contributed by atoms with Gasteiger partial charge in [0.2, 0.25) is 0 Å². The van der Waals surface area contributed by atoms with E-state index in [9.17, 15) is 0 Å². The molecule has 132 valence electrons. The molecule has 0 amide bonds. The summed E-state index contributed by atoms with van der Waals surface area (Å²) in [6.45, 7) is 6.69. The minimum Gasteiger partial charge on any atom is -0.297 e. The molecule has 0 saturated carbocycles. The quantitative estimate of drug-likeness (QED) is 0.302. The molecule has 0 aromatic carbocycles. The van der Waals surface area contributed by atoms with Crippen LogP contribution < -0.4 is 0 Å². The Morgan fingerprint density at radius 2 is 1.09 bits per heavy atom. The van der Waals surface area contributed by atoms with Crippen molar-refractivity contribution in [1.29, 1.82) is 0 Å². The second kappa shape index (κ2) is 14.5. The fraction of sp³-hybridized carbons (Fsp3) is 1.00. The highest BCUT2D eigenvalue weighted by atomic mass is 16.7. The number of nitrogens with zero attached hydrogens (tertiary/aromatic N) is 1. The van der Waals surface area contributed by atoms with Crippen LogP contribution in [0.2, 0.25) is 0 Å². The maximum atomic E-state index is 5.63. The van der Waals surface area contributed by atoms with E-state index in [4.69, 9.17) is 4.84 Å². The third kappa shape index (κ3) is 9.84. The Balaban J connectivity index is 2.00. The Morgan fingerprint density at radius 3 is 1.45 bits per heavy atom. The number of hydrogen-bond donors (Lipinski definition) is 0. The van der Waals surface area contributed by atoms with Crippen molar-refractivity contribution < 1.29 is 4.84 Å². The molecule has 2 heteroatoms. The summed E-state index contributed by atoms with van der Waals surface area (Å²) in [6.07, 6.45) is 21.0. The third-order valence-electron chi connectivity index (χ3n) is 5.01. The van der Waals surface area contributed by atoms with E-state index in [2.05, 4.69) is 18.9 Å². The second-order valence-electron chi connectivity index (χ2n) is 7.09. The lowest BCUT2D eigenvalue weighted by Gasteiger charge is -2.37. The van der Waals surface area contributed by atoms with Gasteiger partial charge in [0.1, 0.15) is 0 Å². The number of unbranched alkanes of at least 4 members (excludes halogenated alkanes) is 11. The number of rotatable bonds is 16. The monoisotopic (exact) mass is 311 g/mol. The van der Waals surface area contributed by atoms with Crippen molar-refractivity contribution in [2.45, 2.75) is 116 Å². The highest BCUT2D eigenvalue weighted by Gasteiger charge is 2.24. The molecule has 1 heterocycles. The first-order valence-corrected chi connectivity index (χ1v) is 10.3. The van der Waals surface area contributed by atoms with Gasteiger partial charge in [0.05, 0.1) is 6.61 Å². The molecular weight excluding hydrogens is 270 g/mol. The minimum absolute atomic E-state index is 0.704. The lowest BCUT2D eigenvalue weighted by atomic mass is 9.99. The molecule has 0 aromatic heterocycles. The van der Waals surface area contributed by atoms with E-state index in [1.165, 1.54) is 96.3 Å². The van der Waals surface area contributed by atoms with Gasteiger partial charge >= 0.3 is 0 Å². The van der Waals surface area contributed by atoms with Crippen molar-refractivity contribution in [2.24, 2.45) is 0 Å². The lowest BCUT2D eigenvalue weighted by Crippen LogP contribution is -2.46. The van der Waals surface area contributed by atoms with Gasteiger partial charge in [-0.1, -0.05) is 97.3 Å². The van der Waals surface area contributed by atoms with Crippen LogP contribution in [0.1, 0.15) is 110 Å². The Kier molecular flexibility index (Phi) is 13.2. The van der Waals surface area contributed by atoms with Gasteiger partial charge in [-0.15, -0.1) is 0 Å². The largest absolute Gasteiger partial charge is 0.297 e. The summed E-state index contributed by atoms with van der Waals surface area (Å²) in [5, 5.41) is 2.27. The predicted octanol–water partition coefficient (Wildman–Crippen LogP) is 6.49. The van der Waals surface area contributed by atoms with Crippen LogP contribution in [0.5, 0.6) is 0 Å². The molecule has 22 heavy (non-hydrogen) atoms. The van der Waals surface area contributed by atoms with Gasteiger partial charge in [0.15, 0.2) is 0 Å². The molecule has 0 N–H and O–H groups in total. The predicted molar refractivity (Wildman–Crippen MR) is 97.0 cm³/mol. The molecule has 0 bridgehead atoms. The van der Waals surface area contributed by atoms with Gasteiger partial charge in [-0.3, -0.25) is 4.84 Å². The van der Waals surface area contributed by atoms with Crippen molar-refractivity contribution in [2.75, 3.05) is 13.2 Å². The summed E-state index contributed by atoms with van der Waals surface area (Å²) in [5.74, 6) is 0. The van der Waals surface area contributed by atoms with E-state index in [0.717, 1.165) is 13.2 Å². The summed E-state index contributed by atoms with van der Waals surface area (Å²) >= 11 is 0. The first-order valence-electron chi connectivity index (χ1n) is 10.3. The Hall–Kier alpha value is -0.0800. The van der Waals surface area contributed by atoms with Crippen LogP contribution >= 0.6 is 0 Å². The van der Waals surface area contributed by atoms with Crippen LogP contribution in [-0.4, -0.2) is 24.3 Å². The molecule has 1 aliphatic rings. The average Bonchev–Trinajstić information content (AvgIpc) is 2.47. The first kappa shape index (κ1) is 20.0. The molecule has 0 aliphatic carbocycles. The lowest BCUT2D eigenvalue weighted by molar-refractivity contribution is -0.272. The molecule has 1 fully saturated rings. The van der Waals surface area contributed by atoms with Gasteiger partial charge in [-0.05, 0) is 12.8 Å². The zero-order valence-corrected chi connectivity index (χ0v) is 15.5. The van der Waals surface area contributed by atoms with Crippen LogP contribution in [0, 0.1) is 0 Å². The second-order valence-corrected chi connectivity index (χ2v) is 7.09. The SMILES string of the molecule is CCCCCCCCCC(CCCCCCCC)N1CCO1. The van der Waals surface area contributed by atoms with E-state index in [0.29, 0.717) is 6.04 Å².